The third kappa shape index (κ3) is 3.58. The van der Waals surface area contributed by atoms with Crippen LogP contribution in [0.1, 0.15) is 43.7 Å². The summed E-state index contributed by atoms with van der Waals surface area (Å²) in [5, 5.41) is 3.35. The lowest BCUT2D eigenvalue weighted by Crippen LogP contribution is -2.36. The molecular formula is C17H25N3O2. The van der Waals surface area contributed by atoms with Crippen molar-refractivity contribution in [2.75, 3.05) is 32.8 Å². The highest BCUT2D eigenvalue weighted by Crippen LogP contribution is 2.39. The number of nitrogens with zero attached hydrogens (tertiary/aromatic N) is 2. The Hall–Kier alpha value is -1.62. The molecule has 2 aliphatic rings. The molecule has 1 fully saturated rings. The fourth-order valence-corrected chi connectivity index (χ4v) is 3.39. The van der Waals surface area contributed by atoms with E-state index in [1.807, 2.05) is 12.1 Å². The minimum atomic E-state index is 0.468. The van der Waals surface area contributed by atoms with Crippen molar-refractivity contribution in [3.8, 4) is 11.5 Å². The molecule has 3 rings (SSSR count). The molecule has 1 saturated heterocycles. The molecule has 0 aliphatic carbocycles. The molecule has 5 heteroatoms. The maximum absolute atomic E-state index is 6.80. The van der Waals surface area contributed by atoms with Gasteiger partial charge in [-0.3, -0.25) is 4.90 Å². The van der Waals surface area contributed by atoms with Crippen LogP contribution < -0.4 is 9.47 Å². The van der Waals surface area contributed by atoms with Gasteiger partial charge in [-0.15, -0.1) is 0 Å². The largest absolute Gasteiger partial charge is 0.494 e. The number of fused-ring (bicyclic) bond motifs is 1. The van der Waals surface area contributed by atoms with Crippen molar-refractivity contribution < 1.29 is 9.47 Å². The maximum Gasteiger partial charge on any atom is 0.124 e. The van der Waals surface area contributed by atoms with Gasteiger partial charge in [0.2, 0.25) is 0 Å². The van der Waals surface area contributed by atoms with Crippen molar-refractivity contribution in [1.82, 2.24) is 4.90 Å². The fourth-order valence-electron chi connectivity index (χ4n) is 3.39. The molecule has 2 aliphatic heterocycles. The smallest absolute Gasteiger partial charge is 0.124 e. The summed E-state index contributed by atoms with van der Waals surface area (Å²) in [6.07, 6.45) is 5.82. The van der Waals surface area contributed by atoms with Gasteiger partial charge in [0.1, 0.15) is 11.5 Å². The number of hydrogen-bond acceptors (Lipinski definition) is 5. The standard InChI is InChI=1S/C17H25N3O2/c18-19-8-4-11-21-14-5-6-17-15(13-14)16(7-12-22-17)20-9-2-1-3-10-20/h5-6,13,16,18H,1-4,7-12H2. The van der Waals surface area contributed by atoms with E-state index in [4.69, 9.17) is 15.0 Å². The van der Waals surface area contributed by atoms with Crippen LogP contribution in [-0.4, -0.2) is 37.7 Å². The molecule has 0 bridgehead atoms. The van der Waals surface area contributed by atoms with Crippen molar-refractivity contribution >= 4 is 0 Å². The highest BCUT2D eigenvalue weighted by molar-refractivity contribution is 5.43. The summed E-state index contributed by atoms with van der Waals surface area (Å²) in [5.41, 5.74) is 8.07. The highest BCUT2D eigenvalue weighted by Gasteiger charge is 2.28. The number of ether oxygens (including phenoxy) is 2. The summed E-state index contributed by atoms with van der Waals surface area (Å²) < 4.78 is 11.6. The predicted octanol–water partition coefficient (Wildman–Crippen LogP) is 3.80. The Morgan fingerprint density at radius 2 is 2.14 bits per heavy atom. The van der Waals surface area contributed by atoms with Crippen LogP contribution in [0.3, 0.4) is 0 Å². The number of rotatable bonds is 6. The van der Waals surface area contributed by atoms with E-state index in [0.29, 0.717) is 19.2 Å². The lowest BCUT2D eigenvalue weighted by Gasteiger charge is -2.38. The van der Waals surface area contributed by atoms with Gasteiger partial charge in [-0.2, -0.15) is 5.11 Å². The van der Waals surface area contributed by atoms with Crippen LogP contribution in [0.25, 0.3) is 0 Å². The Morgan fingerprint density at radius 1 is 1.27 bits per heavy atom. The van der Waals surface area contributed by atoms with Gasteiger partial charge in [0, 0.05) is 24.4 Å². The molecule has 1 atom stereocenters. The van der Waals surface area contributed by atoms with E-state index >= 15 is 0 Å². The topological polar surface area (TPSA) is 57.9 Å². The van der Waals surface area contributed by atoms with Gasteiger partial charge in [-0.05, 0) is 44.1 Å². The van der Waals surface area contributed by atoms with Crippen molar-refractivity contribution in [2.24, 2.45) is 5.11 Å². The minimum absolute atomic E-state index is 0.468. The Morgan fingerprint density at radius 3 is 2.95 bits per heavy atom. The van der Waals surface area contributed by atoms with Crippen LogP contribution in [0.4, 0.5) is 0 Å². The monoisotopic (exact) mass is 303 g/mol. The molecule has 0 saturated carbocycles. The van der Waals surface area contributed by atoms with E-state index in [1.165, 1.54) is 37.9 Å². The molecule has 2 heterocycles. The molecule has 1 N–H and O–H groups in total. The van der Waals surface area contributed by atoms with Gasteiger partial charge < -0.3 is 9.47 Å². The number of piperidine rings is 1. The molecular weight excluding hydrogens is 278 g/mol. The zero-order valence-corrected chi connectivity index (χ0v) is 13.1. The van der Waals surface area contributed by atoms with E-state index in [9.17, 15) is 0 Å². The van der Waals surface area contributed by atoms with Gasteiger partial charge in [0.05, 0.1) is 19.8 Å². The average molecular weight is 303 g/mol. The minimum Gasteiger partial charge on any atom is -0.494 e. The van der Waals surface area contributed by atoms with Crippen molar-refractivity contribution in [1.29, 1.82) is 5.53 Å². The molecule has 120 valence electrons. The molecule has 5 nitrogen and oxygen atoms in total. The Balaban J connectivity index is 1.71. The second kappa shape index (κ2) is 7.58. The first-order valence-electron chi connectivity index (χ1n) is 8.35. The van der Waals surface area contributed by atoms with E-state index in [-0.39, 0.29) is 0 Å². The summed E-state index contributed by atoms with van der Waals surface area (Å²) in [4.78, 5) is 2.60. The van der Waals surface area contributed by atoms with E-state index < -0.39 is 0 Å². The van der Waals surface area contributed by atoms with Crippen molar-refractivity contribution in [3.05, 3.63) is 23.8 Å². The second-order valence-electron chi connectivity index (χ2n) is 6.03. The first-order chi connectivity index (χ1) is 10.9. The molecule has 0 radical (unpaired) electrons. The first kappa shape index (κ1) is 15.3. The van der Waals surface area contributed by atoms with Crippen LogP contribution in [0.5, 0.6) is 11.5 Å². The molecule has 1 aromatic rings. The quantitative estimate of drug-likeness (QED) is 0.642. The Bertz CT molecular complexity index is 501. The molecule has 1 unspecified atom stereocenters. The molecule has 1 aromatic carbocycles. The summed E-state index contributed by atoms with van der Waals surface area (Å²) in [6, 6.07) is 6.63. The summed E-state index contributed by atoms with van der Waals surface area (Å²) in [6.45, 7) is 4.33. The average Bonchev–Trinajstić information content (AvgIpc) is 2.59. The van der Waals surface area contributed by atoms with Crippen molar-refractivity contribution in [2.45, 2.75) is 38.1 Å². The molecule has 22 heavy (non-hydrogen) atoms. The Kier molecular flexibility index (Phi) is 5.27. The highest BCUT2D eigenvalue weighted by atomic mass is 16.5. The summed E-state index contributed by atoms with van der Waals surface area (Å²) in [5.74, 6) is 1.91. The molecule has 0 aromatic heterocycles. The molecule has 0 spiro atoms. The van der Waals surface area contributed by atoms with Crippen LogP contribution >= 0.6 is 0 Å². The number of nitrogens with one attached hydrogen (secondary N) is 1. The lowest BCUT2D eigenvalue weighted by molar-refractivity contribution is 0.119. The zero-order chi connectivity index (χ0) is 15.2. The Labute approximate surface area is 132 Å². The number of likely N-dealkylation sites (tertiary alicyclic amines) is 1. The van der Waals surface area contributed by atoms with Gasteiger partial charge >= 0.3 is 0 Å². The fraction of sp³-hybridized carbons (Fsp3) is 0.647. The van der Waals surface area contributed by atoms with Crippen LogP contribution in [0.15, 0.2) is 23.3 Å². The van der Waals surface area contributed by atoms with Gasteiger partial charge in [0.15, 0.2) is 0 Å². The van der Waals surface area contributed by atoms with Crippen LogP contribution in [-0.2, 0) is 0 Å². The van der Waals surface area contributed by atoms with Crippen LogP contribution in [0.2, 0.25) is 0 Å². The zero-order valence-electron chi connectivity index (χ0n) is 13.1. The van der Waals surface area contributed by atoms with Gasteiger partial charge in [0.25, 0.3) is 0 Å². The third-order valence-electron chi connectivity index (χ3n) is 4.50. The van der Waals surface area contributed by atoms with Gasteiger partial charge in [-0.25, -0.2) is 5.53 Å². The normalized spacial score (nSPS) is 21.7. The van der Waals surface area contributed by atoms with Crippen molar-refractivity contribution in [3.63, 3.8) is 0 Å². The van der Waals surface area contributed by atoms with Crippen LogP contribution in [0, 0.1) is 5.53 Å². The maximum atomic E-state index is 6.80. The SMILES string of the molecule is N=NCCCOc1ccc2c(c1)C(N1CCCCC1)CCO2. The molecule has 0 amide bonds. The van der Waals surface area contributed by atoms with E-state index in [1.54, 1.807) is 0 Å². The first-order valence-corrected chi connectivity index (χ1v) is 8.35. The lowest BCUT2D eigenvalue weighted by atomic mass is 9.96. The van der Waals surface area contributed by atoms with Gasteiger partial charge in [-0.1, -0.05) is 6.42 Å². The third-order valence-corrected chi connectivity index (χ3v) is 4.50. The number of hydrogen-bond donors (Lipinski definition) is 1. The summed E-state index contributed by atoms with van der Waals surface area (Å²) >= 11 is 0. The summed E-state index contributed by atoms with van der Waals surface area (Å²) in [7, 11) is 0. The second-order valence-corrected chi connectivity index (χ2v) is 6.03. The van der Waals surface area contributed by atoms with E-state index in [2.05, 4.69) is 16.1 Å². The predicted molar refractivity (Wildman–Crippen MR) is 84.8 cm³/mol. The number of benzene rings is 1. The van der Waals surface area contributed by atoms with E-state index in [0.717, 1.165) is 30.9 Å².